The molecule has 4 N–H and O–H groups in total. The van der Waals surface area contributed by atoms with Gasteiger partial charge < -0.3 is 21.1 Å². The molecule has 1 saturated heterocycles. The number of carbonyl (C=O) groups is 1. The topological polar surface area (TPSA) is 76.4 Å². The average molecular weight is 235 g/mol. The van der Waals surface area contributed by atoms with Crippen LogP contribution in [0.4, 0.5) is 16.2 Å². The van der Waals surface area contributed by atoms with Crippen LogP contribution in [0.5, 0.6) is 0 Å². The fourth-order valence-electron chi connectivity index (χ4n) is 1.81. The van der Waals surface area contributed by atoms with Gasteiger partial charge in [-0.3, -0.25) is 0 Å². The van der Waals surface area contributed by atoms with Crippen molar-refractivity contribution in [2.45, 2.75) is 18.9 Å². The number of urea groups is 1. The molecular formula is C12H17N3O2. The zero-order chi connectivity index (χ0) is 12.1. The lowest BCUT2D eigenvalue weighted by atomic mass is 10.1. The number of rotatable bonds is 2. The fraction of sp³-hybridized carbons (Fsp3) is 0.417. The van der Waals surface area contributed by atoms with Crippen molar-refractivity contribution in [2.75, 3.05) is 24.3 Å². The van der Waals surface area contributed by atoms with E-state index in [1.54, 1.807) is 24.3 Å². The van der Waals surface area contributed by atoms with Crippen molar-refractivity contribution in [2.24, 2.45) is 0 Å². The van der Waals surface area contributed by atoms with Crippen LogP contribution in [0.25, 0.3) is 0 Å². The maximum absolute atomic E-state index is 11.7. The molecule has 1 heterocycles. The van der Waals surface area contributed by atoms with Crippen molar-refractivity contribution in [3.8, 4) is 0 Å². The maximum Gasteiger partial charge on any atom is 0.319 e. The number of nitrogens with two attached hydrogens (primary N) is 1. The summed E-state index contributed by atoms with van der Waals surface area (Å²) in [5, 5.41) is 5.68. The normalized spacial score (nSPS) is 16.5. The third-order valence-corrected chi connectivity index (χ3v) is 2.70. The molecule has 1 aliphatic rings. The number of nitrogens with one attached hydrogen (secondary N) is 2. The fourth-order valence-corrected chi connectivity index (χ4v) is 1.81. The second kappa shape index (κ2) is 5.54. The van der Waals surface area contributed by atoms with Crippen LogP contribution in [0.3, 0.4) is 0 Å². The summed E-state index contributed by atoms with van der Waals surface area (Å²) >= 11 is 0. The van der Waals surface area contributed by atoms with Crippen molar-refractivity contribution in [1.29, 1.82) is 0 Å². The first-order valence-corrected chi connectivity index (χ1v) is 5.75. The highest BCUT2D eigenvalue weighted by Crippen LogP contribution is 2.12. The number of anilines is 2. The molecule has 5 heteroatoms. The molecule has 17 heavy (non-hydrogen) atoms. The molecule has 92 valence electrons. The second-order valence-electron chi connectivity index (χ2n) is 4.11. The van der Waals surface area contributed by atoms with Crippen LogP contribution in [0.15, 0.2) is 24.3 Å². The van der Waals surface area contributed by atoms with Gasteiger partial charge in [-0.2, -0.15) is 0 Å². The van der Waals surface area contributed by atoms with Crippen molar-refractivity contribution in [1.82, 2.24) is 5.32 Å². The van der Waals surface area contributed by atoms with Crippen molar-refractivity contribution in [3.63, 3.8) is 0 Å². The van der Waals surface area contributed by atoms with Crippen LogP contribution in [-0.4, -0.2) is 25.3 Å². The van der Waals surface area contributed by atoms with Gasteiger partial charge in [0.1, 0.15) is 0 Å². The van der Waals surface area contributed by atoms with Crippen LogP contribution in [0.2, 0.25) is 0 Å². The Morgan fingerprint density at radius 3 is 2.82 bits per heavy atom. The highest BCUT2D eigenvalue weighted by molar-refractivity contribution is 5.89. The van der Waals surface area contributed by atoms with E-state index >= 15 is 0 Å². The van der Waals surface area contributed by atoms with E-state index < -0.39 is 0 Å². The molecule has 1 aromatic carbocycles. The minimum absolute atomic E-state index is 0.192. The van der Waals surface area contributed by atoms with Crippen LogP contribution < -0.4 is 16.4 Å². The Kier molecular flexibility index (Phi) is 3.82. The molecule has 0 bridgehead atoms. The molecule has 2 amide bonds. The Morgan fingerprint density at radius 1 is 1.35 bits per heavy atom. The van der Waals surface area contributed by atoms with Gasteiger partial charge in [0.2, 0.25) is 0 Å². The summed E-state index contributed by atoms with van der Waals surface area (Å²) in [6.45, 7) is 1.42. The summed E-state index contributed by atoms with van der Waals surface area (Å²) in [6.07, 6.45) is 1.73. The second-order valence-corrected chi connectivity index (χ2v) is 4.11. The van der Waals surface area contributed by atoms with E-state index in [1.165, 1.54) is 0 Å². The van der Waals surface area contributed by atoms with Gasteiger partial charge in [-0.25, -0.2) is 4.79 Å². The Hall–Kier alpha value is -1.75. The van der Waals surface area contributed by atoms with Gasteiger partial charge in [0.05, 0.1) is 0 Å². The Labute approximate surface area is 100 Å². The lowest BCUT2D eigenvalue weighted by Crippen LogP contribution is -2.41. The zero-order valence-electron chi connectivity index (χ0n) is 9.61. The Bertz CT molecular complexity index is 389. The lowest BCUT2D eigenvalue weighted by Gasteiger charge is -2.23. The molecule has 0 radical (unpaired) electrons. The average Bonchev–Trinajstić information content (AvgIpc) is 2.30. The summed E-state index contributed by atoms with van der Waals surface area (Å²) < 4.78 is 5.23. The minimum atomic E-state index is -0.192. The number of carbonyl (C=O) groups excluding carboxylic acids is 1. The molecule has 0 saturated carbocycles. The van der Waals surface area contributed by atoms with Gasteiger partial charge in [0.25, 0.3) is 0 Å². The first-order chi connectivity index (χ1) is 8.24. The van der Waals surface area contributed by atoms with Crippen LogP contribution in [0, 0.1) is 0 Å². The Morgan fingerprint density at radius 2 is 2.12 bits per heavy atom. The molecule has 0 unspecified atom stereocenters. The van der Waals surface area contributed by atoms with Gasteiger partial charge in [-0.1, -0.05) is 6.07 Å². The number of ether oxygens (including phenoxy) is 1. The number of nitrogen functional groups attached to an aromatic ring is 1. The van der Waals surface area contributed by atoms with Gasteiger partial charge in [0.15, 0.2) is 0 Å². The number of hydrogen-bond donors (Lipinski definition) is 3. The van der Waals surface area contributed by atoms with E-state index in [4.69, 9.17) is 10.5 Å². The predicted octanol–water partition coefficient (Wildman–Crippen LogP) is 1.57. The van der Waals surface area contributed by atoms with E-state index in [1.807, 2.05) is 0 Å². The monoisotopic (exact) mass is 235 g/mol. The molecular weight excluding hydrogens is 218 g/mol. The van der Waals surface area contributed by atoms with Crippen LogP contribution >= 0.6 is 0 Å². The lowest BCUT2D eigenvalue weighted by molar-refractivity contribution is 0.0806. The van der Waals surface area contributed by atoms with E-state index in [0.717, 1.165) is 12.8 Å². The first kappa shape index (κ1) is 11.7. The number of hydrogen-bond acceptors (Lipinski definition) is 3. The molecule has 0 spiro atoms. The number of benzene rings is 1. The molecule has 5 nitrogen and oxygen atoms in total. The van der Waals surface area contributed by atoms with E-state index in [9.17, 15) is 4.79 Å². The summed E-state index contributed by atoms with van der Waals surface area (Å²) in [4.78, 5) is 11.7. The van der Waals surface area contributed by atoms with Gasteiger partial charge in [-0.15, -0.1) is 0 Å². The highest BCUT2D eigenvalue weighted by atomic mass is 16.5. The van der Waals surface area contributed by atoms with Crippen molar-refractivity contribution < 1.29 is 9.53 Å². The third kappa shape index (κ3) is 3.64. The maximum atomic E-state index is 11.7. The highest BCUT2D eigenvalue weighted by Gasteiger charge is 2.15. The third-order valence-electron chi connectivity index (χ3n) is 2.70. The van der Waals surface area contributed by atoms with E-state index in [2.05, 4.69) is 10.6 Å². The molecule has 0 aromatic heterocycles. The molecule has 1 fully saturated rings. The van der Waals surface area contributed by atoms with E-state index in [-0.39, 0.29) is 12.1 Å². The molecule has 2 rings (SSSR count). The van der Waals surface area contributed by atoms with Gasteiger partial charge in [0, 0.05) is 30.6 Å². The first-order valence-electron chi connectivity index (χ1n) is 5.75. The minimum Gasteiger partial charge on any atom is -0.399 e. The summed E-state index contributed by atoms with van der Waals surface area (Å²) in [6, 6.07) is 7.12. The zero-order valence-corrected chi connectivity index (χ0v) is 9.61. The van der Waals surface area contributed by atoms with Crippen molar-refractivity contribution >= 4 is 17.4 Å². The molecule has 0 atom stereocenters. The van der Waals surface area contributed by atoms with Crippen LogP contribution in [-0.2, 0) is 4.74 Å². The smallest absolute Gasteiger partial charge is 0.319 e. The van der Waals surface area contributed by atoms with Crippen molar-refractivity contribution in [3.05, 3.63) is 24.3 Å². The predicted molar refractivity (Wildman–Crippen MR) is 66.8 cm³/mol. The molecule has 1 aromatic rings. The molecule has 1 aliphatic heterocycles. The Balaban J connectivity index is 1.84. The molecule has 0 aliphatic carbocycles. The summed E-state index contributed by atoms with van der Waals surface area (Å²) in [5.41, 5.74) is 6.97. The van der Waals surface area contributed by atoms with Gasteiger partial charge in [-0.05, 0) is 31.0 Å². The van der Waals surface area contributed by atoms with E-state index in [0.29, 0.717) is 24.6 Å². The quantitative estimate of drug-likeness (QED) is 0.681. The van der Waals surface area contributed by atoms with Gasteiger partial charge >= 0.3 is 6.03 Å². The summed E-state index contributed by atoms with van der Waals surface area (Å²) in [5.74, 6) is 0. The standard InChI is InChI=1S/C12H17N3O2/c13-9-2-1-3-11(8-9)15-12(16)14-10-4-6-17-7-5-10/h1-3,8,10H,4-7,13H2,(H2,14,15,16). The SMILES string of the molecule is Nc1cccc(NC(=O)NC2CCOCC2)c1. The summed E-state index contributed by atoms with van der Waals surface area (Å²) in [7, 11) is 0. The van der Waals surface area contributed by atoms with Crippen LogP contribution in [0.1, 0.15) is 12.8 Å². The largest absolute Gasteiger partial charge is 0.399 e. The number of amides is 2.